The van der Waals surface area contributed by atoms with E-state index in [-0.39, 0.29) is 5.69 Å². The molecule has 2 aromatic rings. The fourth-order valence-electron chi connectivity index (χ4n) is 1.02. The second-order valence-corrected chi connectivity index (χ2v) is 3.37. The quantitative estimate of drug-likeness (QED) is 0.787. The van der Waals surface area contributed by atoms with Gasteiger partial charge in [0, 0.05) is 4.88 Å². The summed E-state index contributed by atoms with van der Waals surface area (Å²) in [5, 5.41) is 5.44. The molecule has 2 heterocycles. The van der Waals surface area contributed by atoms with E-state index in [0.717, 1.165) is 4.88 Å². The Morgan fingerprint density at radius 3 is 3.08 bits per heavy atom. The van der Waals surface area contributed by atoms with Crippen molar-refractivity contribution in [3.63, 3.8) is 0 Å². The molecular formula is C8H6N2O2S. The van der Waals surface area contributed by atoms with Gasteiger partial charge in [-0.25, -0.2) is 0 Å². The van der Waals surface area contributed by atoms with Gasteiger partial charge in [0.15, 0.2) is 5.69 Å². The summed E-state index contributed by atoms with van der Waals surface area (Å²) in [5.74, 6) is -0.572. The van der Waals surface area contributed by atoms with Crippen molar-refractivity contribution in [1.82, 2.24) is 5.16 Å². The molecule has 13 heavy (non-hydrogen) atoms. The minimum absolute atomic E-state index is 0.183. The van der Waals surface area contributed by atoms with Crippen LogP contribution in [0.25, 0.3) is 10.4 Å². The third kappa shape index (κ3) is 1.33. The highest BCUT2D eigenvalue weighted by Gasteiger charge is 2.14. The third-order valence-corrected chi connectivity index (χ3v) is 2.49. The van der Waals surface area contributed by atoms with Crippen molar-refractivity contribution in [2.45, 2.75) is 0 Å². The molecule has 0 bridgehead atoms. The molecule has 2 rings (SSSR count). The highest BCUT2D eigenvalue weighted by molar-refractivity contribution is 7.13. The average Bonchev–Trinajstić information content (AvgIpc) is 2.74. The largest absolute Gasteiger partial charge is 0.364 e. The van der Waals surface area contributed by atoms with E-state index in [4.69, 9.17) is 5.73 Å². The molecule has 5 heteroatoms. The van der Waals surface area contributed by atoms with Gasteiger partial charge in [-0.2, -0.15) is 0 Å². The van der Waals surface area contributed by atoms with Gasteiger partial charge in [0.1, 0.15) is 6.26 Å². The monoisotopic (exact) mass is 194 g/mol. The number of rotatable bonds is 2. The molecule has 2 N–H and O–H groups in total. The van der Waals surface area contributed by atoms with Crippen LogP contribution in [0.15, 0.2) is 28.3 Å². The lowest BCUT2D eigenvalue weighted by Crippen LogP contribution is -2.12. The second-order valence-electron chi connectivity index (χ2n) is 2.42. The zero-order valence-electron chi connectivity index (χ0n) is 6.56. The number of hydrogen-bond donors (Lipinski definition) is 1. The van der Waals surface area contributed by atoms with E-state index in [1.165, 1.54) is 17.6 Å². The fraction of sp³-hybridized carbons (Fsp3) is 0. The number of primary amides is 1. The van der Waals surface area contributed by atoms with Gasteiger partial charge in [-0.3, -0.25) is 4.79 Å². The number of carbonyl (C=O) groups is 1. The summed E-state index contributed by atoms with van der Waals surface area (Å²) in [6.07, 6.45) is 1.42. The van der Waals surface area contributed by atoms with Crippen LogP contribution in [-0.2, 0) is 0 Å². The molecule has 0 radical (unpaired) electrons. The third-order valence-electron chi connectivity index (χ3n) is 1.59. The van der Waals surface area contributed by atoms with Crippen LogP contribution >= 0.6 is 11.3 Å². The van der Waals surface area contributed by atoms with Gasteiger partial charge in [0.25, 0.3) is 5.91 Å². The van der Waals surface area contributed by atoms with Crippen LogP contribution in [0.1, 0.15) is 10.5 Å². The van der Waals surface area contributed by atoms with Gasteiger partial charge in [-0.05, 0) is 11.4 Å². The Bertz CT molecular complexity index is 419. The predicted molar refractivity (Wildman–Crippen MR) is 48.3 cm³/mol. The molecule has 0 unspecified atom stereocenters. The van der Waals surface area contributed by atoms with E-state index in [1.807, 2.05) is 17.5 Å². The molecule has 0 spiro atoms. The predicted octanol–water partition coefficient (Wildman–Crippen LogP) is 1.50. The van der Waals surface area contributed by atoms with Gasteiger partial charge >= 0.3 is 0 Å². The van der Waals surface area contributed by atoms with Crippen molar-refractivity contribution < 1.29 is 9.32 Å². The molecule has 0 aliphatic heterocycles. The lowest BCUT2D eigenvalue weighted by molar-refractivity contribution is 0.0992. The second kappa shape index (κ2) is 3.02. The number of aromatic nitrogens is 1. The van der Waals surface area contributed by atoms with E-state index >= 15 is 0 Å². The first-order valence-electron chi connectivity index (χ1n) is 3.57. The molecule has 2 aromatic heterocycles. The van der Waals surface area contributed by atoms with Crippen LogP contribution in [0.4, 0.5) is 0 Å². The number of nitrogens with zero attached hydrogens (tertiary/aromatic N) is 1. The van der Waals surface area contributed by atoms with Gasteiger partial charge in [-0.1, -0.05) is 11.2 Å². The maximum Gasteiger partial charge on any atom is 0.271 e. The molecule has 0 saturated heterocycles. The van der Waals surface area contributed by atoms with Crippen molar-refractivity contribution >= 4 is 17.2 Å². The average molecular weight is 194 g/mol. The number of nitrogens with two attached hydrogens (primary N) is 1. The maximum absolute atomic E-state index is 10.9. The van der Waals surface area contributed by atoms with Gasteiger partial charge in [0.2, 0.25) is 0 Å². The minimum atomic E-state index is -0.572. The Labute approximate surface area is 78.0 Å². The summed E-state index contributed by atoms with van der Waals surface area (Å²) in [6.45, 7) is 0. The molecule has 0 fully saturated rings. The summed E-state index contributed by atoms with van der Waals surface area (Å²) < 4.78 is 4.69. The highest BCUT2D eigenvalue weighted by atomic mass is 32.1. The molecule has 0 aliphatic rings. The van der Waals surface area contributed by atoms with Gasteiger partial charge < -0.3 is 10.3 Å². The lowest BCUT2D eigenvalue weighted by atomic mass is 10.2. The number of carbonyl (C=O) groups excluding carboxylic acids is 1. The number of hydrogen-bond acceptors (Lipinski definition) is 4. The molecule has 0 atom stereocenters. The normalized spacial score (nSPS) is 10.2. The Hall–Kier alpha value is -1.62. The maximum atomic E-state index is 10.9. The molecule has 66 valence electrons. The van der Waals surface area contributed by atoms with Crippen LogP contribution in [0, 0.1) is 0 Å². The molecular weight excluding hydrogens is 188 g/mol. The standard InChI is InChI=1S/C8H6N2O2S/c9-8(11)7-5(4-12-10-7)6-2-1-3-13-6/h1-4H,(H2,9,11). The van der Waals surface area contributed by atoms with Gasteiger partial charge in [-0.15, -0.1) is 11.3 Å². The SMILES string of the molecule is NC(=O)c1nocc1-c1cccs1. The van der Waals surface area contributed by atoms with Crippen LogP contribution in [0.5, 0.6) is 0 Å². The van der Waals surface area contributed by atoms with Crippen molar-refractivity contribution in [3.8, 4) is 10.4 Å². The van der Waals surface area contributed by atoms with Crippen molar-refractivity contribution in [3.05, 3.63) is 29.5 Å². The van der Waals surface area contributed by atoms with E-state index < -0.39 is 5.91 Å². The summed E-state index contributed by atoms with van der Waals surface area (Å²) >= 11 is 1.50. The van der Waals surface area contributed by atoms with E-state index in [1.54, 1.807) is 0 Å². The van der Waals surface area contributed by atoms with Gasteiger partial charge in [0.05, 0.1) is 5.56 Å². The number of amides is 1. The first kappa shape index (κ1) is 8.00. The zero-order valence-corrected chi connectivity index (χ0v) is 7.38. The van der Waals surface area contributed by atoms with Crippen molar-refractivity contribution in [2.75, 3.05) is 0 Å². The van der Waals surface area contributed by atoms with Crippen molar-refractivity contribution in [1.29, 1.82) is 0 Å². The van der Waals surface area contributed by atoms with E-state index in [9.17, 15) is 4.79 Å². The van der Waals surface area contributed by atoms with Crippen LogP contribution in [0.2, 0.25) is 0 Å². The minimum Gasteiger partial charge on any atom is -0.364 e. The summed E-state index contributed by atoms with van der Waals surface area (Å²) in [4.78, 5) is 11.8. The topological polar surface area (TPSA) is 69.1 Å². The first-order valence-corrected chi connectivity index (χ1v) is 4.45. The molecule has 1 amide bonds. The molecule has 0 aliphatic carbocycles. The fourth-order valence-corrected chi connectivity index (χ4v) is 1.75. The Morgan fingerprint density at radius 2 is 2.46 bits per heavy atom. The Kier molecular flexibility index (Phi) is 1.86. The van der Waals surface area contributed by atoms with E-state index in [2.05, 4.69) is 9.68 Å². The Morgan fingerprint density at radius 1 is 1.62 bits per heavy atom. The van der Waals surface area contributed by atoms with Crippen LogP contribution in [0.3, 0.4) is 0 Å². The van der Waals surface area contributed by atoms with Crippen LogP contribution < -0.4 is 5.73 Å². The lowest BCUT2D eigenvalue weighted by Gasteiger charge is -1.91. The summed E-state index contributed by atoms with van der Waals surface area (Å²) in [7, 11) is 0. The zero-order chi connectivity index (χ0) is 9.26. The highest BCUT2D eigenvalue weighted by Crippen LogP contribution is 2.26. The molecule has 0 saturated carbocycles. The molecule has 4 nitrogen and oxygen atoms in total. The first-order chi connectivity index (χ1) is 6.29. The molecule has 0 aromatic carbocycles. The summed E-state index contributed by atoms with van der Waals surface area (Å²) in [6, 6.07) is 3.77. The number of thiophene rings is 1. The Balaban J connectivity index is 2.52. The smallest absolute Gasteiger partial charge is 0.271 e. The van der Waals surface area contributed by atoms with Crippen molar-refractivity contribution in [2.24, 2.45) is 5.73 Å². The van der Waals surface area contributed by atoms with E-state index in [0.29, 0.717) is 5.56 Å². The summed E-state index contributed by atoms with van der Waals surface area (Å²) in [5.41, 5.74) is 5.95. The van der Waals surface area contributed by atoms with Crippen LogP contribution in [-0.4, -0.2) is 11.1 Å².